The average molecular weight is 548 g/mol. The first-order chi connectivity index (χ1) is 19.1. The Balaban J connectivity index is 1.37. The Kier molecular flexibility index (Phi) is 8.55. The lowest BCUT2D eigenvalue weighted by atomic mass is 10.1. The Labute approximate surface area is 229 Å². The highest BCUT2D eigenvalue weighted by atomic mass is 32.1. The molecule has 0 fully saturated rings. The number of rotatable bonds is 10. The van der Waals surface area contributed by atoms with Crippen LogP contribution in [0.15, 0.2) is 99.4 Å². The fraction of sp³-hybridized carbons (Fsp3) is 0.207. The summed E-state index contributed by atoms with van der Waals surface area (Å²) in [6.07, 6.45) is 2.67. The number of benzene rings is 3. The van der Waals surface area contributed by atoms with Crippen molar-refractivity contribution in [3.05, 3.63) is 100 Å². The maximum absolute atomic E-state index is 12.5. The van der Waals surface area contributed by atoms with E-state index in [9.17, 15) is 8.78 Å². The van der Waals surface area contributed by atoms with E-state index in [4.69, 9.17) is 14.9 Å². The molecule has 0 saturated heterocycles. The number of anilines is 1. The van der Waals surface area contributed by atoms with Crippen LogP contribution >= 0.6 is 11.3 Å². The molecule has 10 heteroatoms. The van der Waals surface area contributed by atoms with Crippen molar-refractivity contribution in [1.82, 2.24) is 4.68 Å². The molecule has 0 atom stereocenters. The number of alkyl halides is 2. The largest absolute Gasteiger partial charge is 0.435 e. The second kappa shape index (κ2) is 12.6. The zero-order valence-electron chi connectivity index (χ0n) is 21.3. The van der Waals surface area contributed by atoms with Crippen LogP contribution in [0.4, 0.5) is 14.5 Å². The van der Waals surface area contributed by atoms with E-state index in [1.165, 1.54) is 23.5 Å². The molecule has 0 amide bonds. The first-order valence-electron chi connectivity index (χ1n) is 12.4. The summed E-state index contributed by atoms with van der Waals surface area (Å²) in [4.78, 5) is 5.30. The Morgan fingerprint density at radius 3 is 2.49 bits per heavy atom. The molecule has 0 aliphatic carbocycles. The van der Waals surface area contributed by atoms with Gasteiger partial charge in [0.2, 0.25) is 4.80 Å². The highest BCUT2D eigenvalue weighted by Gasteiger charge is 2.17. The summed E-state index contributed by atoms with van der Waals surface area (Å²) in [7, 11) is 1.63. The van der Waals surface area contributed by atoms with Gasteiger partial charge in [0.1, 0.15) is 5.75 Å². The standard InChI is InChI=1S/C29H27F2N5O2S/c1-37-18-16-32-29-36(27(20-39-29)23-9-13-25(14-10-23)38-28(30)31)33-19-21-7-11-24(12-8-21)35-17-15-26(34-35)22-5-3-2-4-6-22/h2-14,19-20,28H,15-18H2,1H3/b32-29?,33-19+. The fourth-order valence-corrected chi connectivity index (χ4v) is 4.96. The predicted octanol–water partition coefficient (Wildman–Crippen LogP) is 5.86. The summed E-state index contributed by atoms with van der Waals surface area (Å²) in [6.45, 7) is -1.06. The molecular weight excluding hydrogens is 520 g/mol. The molecular formula is C29H27F2N5O2S. The van der Waals surface area contributed by atoms with Gasteiger partial charge in [0.25, 0.3) is 0 Å². The number of hydrazone groups is 1. The van der Waals surface area contributed by atoms with Crippen molar-refractivity contribution in [3.8, 4) is 17.0 Å². The van der Waals surface area contributed by atoms with Crippen molar-refractivity contribution in [1.29, 1.82) is 0 Å². The summed E-state index contributed by atoms with van der Waals surface area (Å²) in [5, 5.41) is 13.5. The van der Waals surface area contributed by atoms with Gasteiger partial charge in [-0.1, -0.05) is 42.5 Å². The van der Waals surface area contributed by atoms with Crippen LogP contribution in [0.25, 0.3) is 11.3 Å². The van der Waals surface area contributed by atoms with Crippen molar-refractivity contribution in [2.24, 2.45) is 15.2 Å². The number of hydrogen-bond acceptors (Lipinski definition) is 7. The van der Waals surface area contributed by atoms with Crippen LogP contribution in [-0.2, 0) is 4.74 Å². The lowest BCUT2D eigenvalue weighted by molar-refractivity contribution is -0.0498. The Morgan fingerprint density at radius 2 is 1.77 bits per heavy atom. The van der Waals surface area contributed by atoms with Gasteiger partial charge in [0.05, 0.1) is 36.5 Å². The third kappa shape index (κ3) is 6.65. The van der Waals surface area contributed by atoms with E-state index in [0.717, 1.165) is 46.7 Å². The summed E-state index contributed by atoms with van der Waals surface area (Å²) >= 11 is 1.44. The number of nitrogens with zero attached hydrogens (tertiary/aromatic N) is 5. The molecule has 0 unspecified atom stereocenters. The van der Waals surface area contributed by atoms with Gasteiger partial charge < -0.3 is 9.47 Å². The van der Waals surface area contributed by atoms with Crippen molar-refractivity contribution in [2.75, 3.05) is 31.8 Å². The minimum Gasteiger partial charge on any atom is -0.435 e. The van der Waals surface area contributed by atoms with Gasteiger partial charge in [-0.15, -0.1) is 11.3 Å². The van der Waals surface area contributed by atoms with Crippen LogP contribution in [0, 0.1) is 0 Å². The van der Waals surface area contributed by atoms with E-state index in [1.54, 1.807) is 30.1 Å². The molecule has 1 aromatic heterocycles. The fourth-order valence-electron chi connectivity index (χ4n) is 4.09. The minimum absolute atomic E-state index is 0.0994. The van der Waals surface area contributed by atoms with E-state index in [2.05, 4.69) is 21.9 Å². The van der Waals surface area contributed by atoms with E-state index in [0.29, 0.717) is 18.0 Å². The maximum atomic E-state index is 12.5. The predicted molar refractivity (Wildman–Crippen MR) is 151 cm³/mol. The summed E-state index contributed by atoms with van der Waals surface area (Å²) in [5.41, 5.74) is 5.75. The molecule has 1 aliphatic heterocycles. The van der Waals surface area contributed by atoms with Gasteiger partial charge >= 0.3 is 6.61 Å². The lowest BCUT2D eigenvalue weighted by Gasteiger charge is -2.13. The van der Waals surface area contributed by atoms with Crippen molar-refractivity contribution >= 4 is 29.0 Å². The van der Waals surface area contributed by atoms with Gasteiger partial charge in [0, 0.05) is 31.0 Å². The molecule has 5 rings (SSSR count). The van der Waals surface area contributed by atoms with Gasteiger partial charge in [0.15, 0.2) is 0 Å². The summed E-state index contributed by atoms with van der Waals surface area (Å²) in [6, 6.07) is 24.8. The van der Waals surface area contributed by atoms with Crippen molar-refractivity contribution in [2.45, 2.75) is 13.0 Å². The molecule has 4 aromatic rings. The molecule has 0 N–H and O–H groups in total. The molecule has 0 spiro atoms. The summed E-state index contributed by atoms with van der Waals surface area (Å²) < 4.78 is 36.4. The van der Waals surface area contributed by atoms with Gasteiger partial charge in [-0.05, 0) is 47.5 Å². The Bertz CT molecular complexity index is 1500. The quantitative estimate of drug-likeness (QED) is 0.185. The van der Waals surface area contributed by atoms with Gasteiger partial charge in [-0.25, -0.2) is 4.68 Å². The highest BCUT2D eigenvalue weighted by molar-refractivity contribution is 7.07. The van der Waals surface area contributed by atoms with Crippen LogP contribution in [0.2, 0.25) is 0 Å². The molecule has 0 saturated carbocycles. The van der Waals surface area contributed by atoms with Gasteiger partial charge in [-0.2, -0.15) is 19.0 Å². The Hall–Kier alpha value is -4.15. The SMILES string of the molecule is COCCN=c1scc(-c2ccc(OC(F)F)cc2)n1/N=C/c1ccc(N2CCC(c3ccccc3)=N2)cc1. The molecule has 0 radical (unpaired) electrons. The zero-order valence-corrected chi connectivity index (χ0v) is 22.1. The normalized spacial score (nSPS) is 14.0. The lowest BCUT2D eigenvalue weighted by Crippen LogP contribution is -2.14. The first-order valence-corrected chi connectivity index (χ1v) is 13.3. The second-order valence-corrected chi connectivity index (χ2v) is 9.45. The highest BCUT2D eigenvalue weighted by Crippen LogP contribution is 2.25. The molecule has 2 heterocycles. The second-order valence-electron chi connectivity index (χ2n) is 8.61. The van der Waals surface area contributed by atoms with Crippen molar-refractivity contribution in [3.63, 3.8) is 0 Å². The minimum atomic E-state index is -2.87. The number of halogens is 2. The number of aromatic nitrogens is 1. The van der Waals surface area contributed by atoms with Gasteiger partial charge in [-0.3, -0.25) is 10.0 Å². The molecule has 39 heavy (non-hydrogen) atoms. The van der Waals surface area contributed by atoms with E-state index in [1.807, 2.05) is 52.9 Å². The van der Waals surface area contributed by atoms with Crippen molar-refractivity contribution < 1.29 is 18.3 Å². The topological polar surface area (TPSA) is 63.7 Å². The van der Waals surface area contributed by atoms with E-state index >= 15 is 0 Å². The molecule has 3 aromatic carbocycles. The zero-order chi connectivity index (χ0) is 27.0. The third-order valence-corrected chi connectivity index (χ3v) is 6.88. The monoisotopic (exact) mass is 547 g/mol. The van der Waals surface area contributed by atoms with Crippen LogP contribution in [0.3, 0.4) is 0 Å². The number of thiazole rings is 1. The van der Waals surface area contributed by atoms with Crippen LogP contribution in [0.1, 0.15) is 17.5 Å². The van der Waals surface area contributed by atoms with Crippen LogP contribution in [-0.4, -0.2) is 50.0 Å². The summed E-state index contributed by atoms with van der Waals surface area (Å²) in [5.74, 6) is 0.0994. The van der Waals surface area contributed by atoms with E-state index in [-0.39, 0.29) is 5.75 Å². The molecule has 200 valence electrons. The number of hydrogen-bond donors (Lipinski definition) is 0. The molecule has 7 nitrogen and oxygen atoms in total. The Morgan fingerprint density at radius 1 is 1.00 bits per heavy atom. The van der Waals surface area contributed by atoms with Crippen LogP contribution in [0.5, 0.6) is 5.75 Å². The number of methoxy groups -OCH3 is 1. The molecule has 1 aliphatic rings. The van der Waals surface area contributed by atoms with E-state index < -0.39 is 6.61 Å². The molecule has 0 bridgehead atoms. The maximum Gasteiger partial charge on any atom is 0.387 e. The smallest absolute Gasteiger partial charge is 0.387 e. The third-order valence-electron chi connectivity index (χ3n) is 6.03. The number of ether oxygens (including phenoxy) is 2. The van der Waals surface area contributed by atoms with Crippen LogP contribution < -0.4 is 14.5 Å². The average Bonchev–Trinajstić information content (AvgIpc) is 3.61. The first kappa shape index (κ1) is 26.5.